The number of hydrogen-bond donors (Lipinski definition) is 1. The van der Waals surface area contributed by atoms with Crippen LogP contribution in [-0.4, -0.2) is 11.5 Å². The molecule has 70 valence electrons. The molecule has 0 saturated carbocycles. The molecule has 1 rings (SSSR count). The minimum atomic E-state index is 0.276. The van der Waals surface area contributed by atoms with Crippen molar-refractivity contribution in [3.63, 3.8) is 0 Å². The molecule has 1 atom stereocenters. The summed E-state index contributed by atoms with van der Waals surface area (Å²) < 4.78 is 0. The third kappa shape index (κ3) is 3.57. The Kier molecular flexibility index (Phi) is 3.93. The summed E-state index contributed by atoms with van der Waals surface area (Å²) >= 11 is 5.64. The molecule has 0 aliphatic heterocycles. The van der Waals surface area contributed by atoms with Gasteiger partial charge in [-0.2, -0.15) is 0 Å². The molecule has 0 bridgehead atoms. The lowest BCUT2D eigenvalue weighted by molar-refractivity contribution is 0.614. The predicted molar refractivity (Wildman–Crippen MR) is 55.6 cm³/mol. The van der Waals surface area contributed by atoms with Gasteiger partial charge in [-0.1, -0.05) is 18.2 Å². The second kappa shape index (κ2) is 5.00. The van der Waals surface area contributed by atoms with E-state index in [1.54, 1.807) is 12.4 Å². The maximum absolute atomic E-state index is 5.64. The topological polar surface area (TPSA) is 24.9 Å². The molecule has 0 radical (unpaired) electrons. The second-order valence-corrected chi connectivity index (χ2v) is 3.43. The zero-order chi connectivity index (χ0) is 9.68. The molecular weight excluding hydrogens is 184 g/mol. The highest BCUT2D eigenvalue weighted by molar-refractivity contribution is 6.29. The summed E-state index contributed by atoms with van der Waals surface area (Å²) in [7, 11) is 0. The van der Waals surface area contributed by atoms with Crippen LogP contribution in [0.25, 0.3) is 0 Å². The van der Waals surface area contributed by atoms with Crippen molar-refractivity contribution in [1.82, 2.24) is 10.3 Å². The molecule has 0 saturated heterocycles. The van der Waals surface area contributed by atoms with Gasteiger partial charge in [0.1, 0.15) is 0 Å². The summed E-state index contributed by atoms with van der Waals surface area (Å²) in [6.07, 6.45) is 3.56. The van der Waals surface area contributed by atoms with Gasteiger partial charge in [-0.3, -0.25) is 4.98 Å². The van der Waals surface area contributed by atoms with E-state index >= 15 is 0 Å². The van der Waals surface area contributed by atoms with Crippen LogP contribution >= 0.6 is 11.6 Å². The van der Waals surface area contributed by atoms with Gasteiger partial charge in [0.15, 0.2) is 0 Å². The number of nitrogens with zero attached hydrogens (tertiary/aromatic N) is 1. The lowest BCUT2D eigenvalue weighted by atomic mass is 10.1. The van der Waals surface area contributed by atoms with Crippen molar-refractivity contribution in [2.24, 2.45) is 0 Å². The SMILES string of the molecule is C=C(Cl)CN[C@@H](C)c1ccncc1. The maximum atomic E-state index is 5.64. The van der Waals surface area contributed by atoms with Crippen molar-refractivity contribution >= 4 is 11.6 Å². The van der Waals surface area contributed by atoms with E-state index in [-0.39, 0.29) is 6.04 Å². The van der Waals surface area contributed by atoms with Crippen LogP contribution < -0.4 is 5.32 Å². The molecule has 0 spiro atoms. The fraction of sp³-hybridized carbons (Fsp3) is 0.300. The van der Waals surface area contributed by atoms with E-state index in [0.29, 0.717) is 11.6 Å². The monoisotopic (exact) mass is 196 g/mol. The van der Waals surface area contributed by atoms with Crippen molar-refractivity contribution in [3.8, 4) is 0 Å². The van der Waals surface area contributed by atoms with Crippen LogP contribution in [0.2, 0.25) is 0 Å². The Morgan fingerprint density at radius 3 is 2.77 bits per heavy atom. The third-order valence-electron chi connectivity index (χ3n) is 1.81. The zero-order valence-corrected chi connectivity index (χ0v) is 8.38. The van der Waals surface area contributed by atoms with Gasteiger partial charge in [-0.05, 0) is 24.6 Å². The fourth-order valence-electron chi connectivity index (χ4n) is 1.03. The molecule has 0 aliphatic carbocycles. The normalized spacial score (nSPS) is 12.5. The van der Waals surface area contributed by atoms with Gasteiger partial charge < -0.3 is 5.32 Å². The lowest BCUT2D eigenvalue weighted by Crippen LogP contribution is -2.19. The van der Waals surface area contributed by atoms with Crippen molar-refractivity contribution in [2.75, 3.05) is 6.54 Å². The number of nitrogens with one attached hydrogen (secondary N) is 1. The van der Waals surface area contributed by atoms with Crippen LogP contribution in [0, 0.1) is 0 Å². The molecule has 3 heteroatoms. The average Bonchev–Trinajstić information content (AvgIpc) is 2.15. The van der Waals surface area contributed by atoms with Crippen LogP contribution in [0.15, 0.2) is 36.1 Å². The summed E-state index contributed by atoms with van der Waals surface area (Å²) in [5.41, 5.74) is 1.20. The Morgan fingerprint density at radius 1 is 1.62 bits per heavy atom. The Morgan fingerprint density at radius 2 is 2.23 bits per heavy atom. The molecule has 0 amide bonds. The second-order valence-electron chi connectivity index (χ2n) is 2.90. The maximum Gasteiger partial charge on any atom is 0.0313 e. The van der Waals surface area contributed by atoms with Crippen molar-refractivity contribution in [3.05, 3.63) is 41.7 Å². The van der Waals surface area contributed by atoms with Gasteiger partial charge in [-0.25, -0.2) is 0 Å². The summed E-state index contributed by atoms with van der Waals surface area (Å²) in [6, 6.07) is 4.24. The van der Waals surface area contributed by atoms with Crippen LogP contribution in [0.3, 0.4) is 0 Å². The zero-order valence-electron chi connectivity index (χ0n) is 7.63. The minimum Gasteiger partial charge on any atom is -0.305 e. The first-order valence-electron chi connectivity index (χ1n) is 4.16. The highest BCUT2D eigenvalue weighted by atomic mass is 35.5. The Balaban J connectivity index is 2.49. The van der Waals surface area contributed by atoms with Crippen LogP contribution in [0.1, 0.15) is 18.5 Å². The van der Waals surface area contributed by atoms with Gasteiger partial charge in [0.25, 0.3) is 0 Å². The van der Waals surface area contributed by atoms with Crippen LogP contribution in [-0.2, 0) is 0 Å². The summed E-state index contributed by atoms with van der Waals surface area (Å²) in [4.78, 5) is 3.95. The van der Waals surface area contributed by atoms with Gasteiger partial charge in [-0.15, -0.1) is 0 Å². The summed E-state index contributed by atoms with van der Waals surface area (Å²) in [5, 5.41) is 3.86. The van der Waals surface area contributed by atoms with Crippen LogP contribution in [0.5, 0.6) is 0 Å². The molecule has 1 N–H and O–H groups in total. The quantitative estimate of drug-likeness (QED) is 0.801. The largest absolute Gasteiger partial charge is 0.305 e. The number of hydrogen-bond acceptors (Lipinski definition) is 2. The van der Waals surface area contributed by atoms with Gasteiger partial charge in [0.05, 0.1) is 0 Å². The fourth-order valence-corrected chi connectivity index (χ4v) is 1.11. The van der Waals surface area contributed by atoms with Gasteiger partial charge in [0, 0.05) is 30.0 Å². The summed E-state index contributed by atoms with van der Waals surface area (Å²) in [5.74, 6) is 0. The predicted octanol–water partition coefficient (Wildman–Crippen LogP) is 2.48. The Hall–Kier alpha value is -0.860. The first-order valence-corrected chi connectivity index (χ1v) is 4.54. The van der Waals surface area contributed by atoms with Crippen molar-refractivity contribution in [2.45, 2.75) is 13.0 Å². The third-order valence-corrected chi connectivity index (χ3v) is 1.94. The highest BCUT2D eigenvalue weighted by Crippen LogP contribution is 2.10. The molecule has 13 heavy (non-hydrogen) atoms. The van der Waals surface area contributed by atoms with Crippen LogP contribution in [0.4, 0.5) is 0 Å². The number of pyridine rings is 1. The van der Waals surface area contributed by atoms with Gasteiger partial charge in [0.2, 0.25) is 0 Å². The summed E-state index contributed by atoms with van der Waals surface area (Å²) in [6.45, 7) is 6.32. The van der Waals surface area contributed by atoms with Crippen molar-refractivity contribution < 1.29 is 0 Å². The minimum absolute atomic E-state index is 0.276. The highest BCUT2D eigenvalue weighted by Gasteiger charge is 2.02. The molecule has 1 aromatic rings. The van der Waals surface area contributed by atoms with E-state index in [9.17, 15) is 0 Å². The first-order chi connectivity index (χ1) is 6.20. The lowest BCUT2D eigenvalue weighted by Gasteiger charge is -2.12. The molecule has 2 nitrogen and oxygen atoms in total. The van der Waals surface area contributed by atoms with Gasteiger partial charge >= 0.3 is 0 Å². The van der Waals surface area contributed by atoms with E-state index < -0.39 is 0 Å². The van der Waals surface area contributed by atoms with E-state index in [2.05, 4.69) is 23.8 Å². The molecule has 0 aromatic carbocycles. The molecule has 0 aliphatic rings. The van der Waals surface area contributed by atoms with E-state index in [1.807, 2.05) is 12.1 Å². The van der Waals surface area contributed by atoms with E-state index in [1.165, 1.54) is 5.56 Å². The average molecular weight is 197 g/mol. The standard InChI is InChI=1S/C10H13ClN2/c1-8(11)7-13-9(2)10-3-5-12-6-4-10/h3-6,9,13H,1,7H2,2H3/t9-/m0/s1. The van der Waals surface area contributed by atoms with E-state index in [4.69, 9.17) is 11.6 Å². The molecule has 0 unspecified atom stereocenters. The number of halogens is 1. The van der Waals surface area contributed by atoms with Crippen molar-refractivity contribution in [1.29, 1.82) is 0 Å². The Bertz CT molecular complexity index is 272. The smallest absolute Gasteiger partial charge is 0.0313 e. The number of rotatable bonds is 4. The first kappa shape index (κ1) is 10.2. The molecular formula is C10H13ClN2. The molecule has 1 aromatic heterocycles. The van der Waals surface area contributed by atoms with E-state index in [0.717, 1.165) is 0 Å². The molecule has 1 heterocycles. The Labute approximate surface area is 83.6 Å². The number of aromatic nitrogens is 1. The molecule has 0 fully saturated rings.